The van der Waals surface area contributed by atoms with Crippen molar-refractivity contribution in [3.05, 3.63) is 29.6 Å². The second-order valence-corrected chi connectivity index (χ2v) is 3.39. The molecular weight excluding hydrogens is 184 g/mol. The molecule has 14 heavy (non-hydrogen) atoms. The number of rotatable bonds is 5. The largest absolute Gasteiger partial charge is 0.255 e. The Hall–Kier alpha value is -0.990. The highest BCUT2D eigenvalue weighted by Gasteiger charge is 2.04. The van der Waals surface area contributed by atoms with E-state index in [1.165, 1.54) is 0 Å². The molecule has 0 atom stereocenters. The number of aryl methyl sites for hydroxylation is 1. The van der Waals surface area contributed by atoms with Crippen molar-refractivity contribution in [3.63, 3.8) is 0 Å². The summed E-state index contributed by atoms with van der Waals surface area (Å²) >= 11 is 0. The van der Waals surface area contributed by atoms with E-state index in [0.29, 0.717) is 12.1 Å². The van der Waals surface area contributed by atoms with Gasteiger partial charge in [-0.2, -0.15) is 0 Å². The fourth-order valence-electron chi connectivity index (χ4n) is 1.35. The zero-order chi connectivity index (χ0) is 10.4. The summed E-state index contributed by atoms with van der Waals surface area (Å²) in [4.78, 5) is 3.73. The van der Waals surface area contributed by atoms with Crippen molar-refractivity contribution in [2.24, 2.45) is 0 Å². The molecule has 0 bridgehead atoms. The van der Waals surface area contributed by atoms with Crippen molar-refractivity contribution < 1.29 is 8.78 Å². The molecule has 1 aromatic rings. The molecule has 78 valence electrons. The van der Waals surface area contributed by atoms with E-state index in [0.717, 1.165) is 37.9 Å². The molecule has 0 spiro atoms. The number of halogens is 2. The van der Waals surface area contributed by atoms with E-state index in [-0.39, 0.29) is 0 Å². The standard InChI is InChI=1S/C11H15F2N/c1-2-3-4-5-6-11-10(13)7-9(12)8-14-11/h7-8H,2-6H2,1H3. The zero-order valence-corrected chi connectivity index (χ0v) is 8.39. The minimum Gasteiger partial charge on any atom is -0.255 e. The summed E-state index contributed by atoms with van der Waals surface area (Å²) < 4.78 is 25.5. The summed E-state index contributed by atoms with van der Waals surface area (Å²) in [6.07, 6.45) is 5.98. The van der Waals surface area contributed by atoms with Gasteiger partial charge in [-0.1, -0.05) is 26.2 Å². The first-order valence-corrected chi connectivity index (χ1v) is 5.04. The SMILES string of the molecule is CCCCCCc1ncc(F)cc1F. The van der Waals surface area contributed by atoms with E-state index in [1.54, 1.807) is 0 Å². The van der Waals surface area contributed by atoms with Gasteiger partial charge in [0.2, 0.25) is 0 Å². The molecule has 0 unspecified atom stereocenters. The minimum absolute atomic E-state index is 0.377. The van der Waals surface area contributed by atoms with Crippen LogP contribution in [0.1, 0.15) is 38.3 Å². The first-order valence-electron chi connectivity index (χ1n) is 5.04. The molecule has 0 saturated heterocycles. The highest BCUT2D eigenvalue weighted by Crippen LogP contribution is 2.10. The maximum atomic E-state index is 13.1. The number of hydrogen-bond acceptors (Lipinski definition) is 1. The van der Waals surface area contributed by atoms with Crippen LogP contribution in [0, 0.1) is 11.6 Å². The number of aromatic nitrogens is 1. The van der Waals surface area contributed by atoms with Crippen molar-refractivity contribution >= 4 is 0 Å². The summed E-state index contributed by atoms with van der Waals surface area (Å²) in [6, 6.07) is 0.891. The van der Waals surface area contributed by atoms with Gasteiger partial charge in [0.1, 0.15) is 11.6 Å². The Morgan fingerprint density at radius 1 is 1.21 bits per heavy atom. The molecule has 0 aliphatic carbocycles. The van der Waals surface area contributed by atoms with Crippen molar-refractivity contribution in [3.8, 4) is 0 Å². The lowest BCUT2D eigenvalue weighted by Crippen LogP contribution is -1.96. The van der Waals surface area contributed by atoms with Crippen LogP contribution >= 0.6 is 0 Å². The van der Waals surface area contributed by atoms with Crippen LogP contribution in [0.3, 0.4) is 0 Å². The molecule has 0 aliphatic rings. The highest BCUT2D eigenvalue weighted by molar-refractivity contribution is 5.08. The highest BCUT2D eigenvalue weighted by atomic mass is 19.1. The Morgan fingerprint density at radius 3 is 2.64 bits per heavy atom. The van der Waals surface area contributed by atoms with Gasteiger partial charge in [-0.05, 0) is 12.8 Å². The van der Waals surface area contributed by atoms with Gasteiger partial charge in [-0.3, -0.25) is 4.98 Å². The van der Waals surface area contributed by atoms with Gasteiger partial charge in [0, 0.05) is 6.07 Å². The summed E-state index contributed by atoms with van der Waals surface area (Å²) in [5.41, 5.74) is 0.377. The van der Waals surface area contributed by atoms with Crippen LogP contribution in [0.25, 0.3) is 0 Å². The number of pyridine rings is 1. The van der Waals surface area contributed by atoms with E-state index in [9.17, 15) is 8.78 Å². The van der Waals surface area contributed by atoms with Crippen molar-refractivity contribution in [2.75, 3.05) is 0 Å². The predicted molar refractivity (Wildman–Crippen MR) is 52.0 cm³/mol. The summed E-state index contributed by atoms with van der Waals surface area (Å²) in [5, 5.41) is 0. The molecule has 0 aliphatic heterocycles. The fourth-order valence-corrected chi connectivity index (χ4v) is 1.35. The normalized spacial score (nSPS) is 10.5. The summed E-state index contributed by atoms with van der Waals surface area (Å²) in [7, 11) is 0. The molecule has 0 amide bonds. The third kappa shape index (κ3) is 3.40. The maximum absolute atomic E-state index is 13.1. The second-order valence-electron chi connectivity index (χ2n) is 3.39. The van der Waals surface area contributed by atoms with Crippen LogP contribution < -0.4 is 0 Å². The van der Waals surface area contributed by atoms with Crippen LogP contribution in [-0.4, -0.2) is 4.98 Å². The smallest absolute Gasteiger partial charge is 0.147 e. The lowest BCUT2D eigenvalue weighted by molar-refractivity contribution is 0.549. The molecule has 3 heteroatoms. The van der Waals surface area contributed by atoms with Gasteiger partial charge in [0.25, 0.3) is 0 Å². The lowest BCUT2D eigenvalue weighted by Gasteiger charge is -2.01. The van der Waals surface area contributed by atoms with E-state index in [1.807, 2.05) is 0 Å². The third-order valence-corrected chi connectivity index (χ3v) is 2.15. The van der Waals surface area contributed by atoms with Crippen molar-refractivity contribution in [2.45, 2.75) is 39.0 Å². The van der Waals surface area contributed by atoms with Gasteiger partial charge in [0.05, 0.1) is 11.9 Å². The molecule has 0 aromatic carbocycles. The lowest BCUT2D eigenvalue weighted by atomic mass is 10.1. The Kier molecular flexibility index (Phi) is 4.50. The van der Waals surface area contributed by atoms with Crippen LogP contribution in [0.5, 0.6) is 0 Å². The average Bonchev–Trinajstić information content (AvgIpc) is 2.15. The Labute approximate surface area is 83.2 Å². The number of nitrogens with zero attached hydrogens (tertiary/aromatic N) is 1. The summed E-state index contributed by atoms with van der Waals surface area (Å²) in [6.45, 7) is 2.12. The Bertz CT molecular complexity index is 287. The van der Waals surface area contributed by atoms with Crippen LogP contribution in [0.15, 0.2) is 12.3 Å². The molecule has 1 aromatic heterocycles. The molecule has 1 nitrogen and oxygen atoms in total. The van der Waals surface area contributed by atoms with Crippen LogP contribution in [0.2, 0.25) is 0 Å². The van der Waals surface area contributed by atoms with Gasteiger partial charge in [0.15, 0.2) is 0 Å². The third-order valence-electron chi connectivity index (χ3n) is 2.15. The monoisotopic (exact) mass is 199 g/mol. The predicted octanol–water partition coefficient (Wildman–Crippen LogP) is 3.48. The topological polar surface area (TPSA) is 12.9 Å². The van der Waals surface area contributed by atoms with Gasteiger partial charge in [-0.15, -0.1) is 0 Å². The van der Waals surface area contributed by atoms with Gasteiger partial charge < -0.3 is 0 Å². The van der Waals surface area contributed by atoms with Crippen molar-refractivity contribution in [1.29, 1.82) is 0 Å². The fraction of sp³-hybridized carbons (Fsp3) is 0.545. The van der Waals surface area contributed by atoms with Crippen LogP contribution in [0.4, 0.5) is 8.78 Å². The molecule has 1 rings (SSSR count). The second kappa shape index (κ2) is 5.68. The zero-order valence-electron chi connectivity index (χ0n) is 8.39. The quantitative estimate of drug-likeness (QED) is 0.661. The minimum atomic E-state index is -0.611. The van der Waals surface area contributed by atoms with E-state index < -0.39 is 11.6 Å². The van der Waals surface area contributed by atoms with Gasteiger partial charge >= 0.3 is 0 Å². The molecule has 1 heterocycles. The van der Waals surface area contributed by atoms with Gasteiger partial charge in [-0.25, -0.2) is 8.78 Å². The molecule has 0 saturated carbocycles. The molecule has 0 radical (unpaired) electrons. The van der Waals surface area contributed by atoms with E-state index in [2.05, 4.69) is 11.9 Å². The maximum Gasteiger partial charge on any atom is 0.147 e. The average molecular weight is 199 g/mol. The number of unbranched alkanes of at least 4 members (excludes halogenated alkanes) is 3. The Balaban J connectivity index is 2.42. The first kappa shape index (κ1) is 11.1. The number of hydrogen-bond donors (Lipinski definition) is 0. The van der Waals surface area contributed by atoms with Crippen LogP contribution in [-0.2, 0) is 6.42 Å². The molecular formula is C11H15F2N. The summed E-state index contributed by atoms with van der Waals surface area (Å²) in [5.74, 6) is -1.14. The van der Waals surface area contributed by atoms with E-state index >= 15 is 0 Å². The Morgan fingerprint density at radius 2 is 2.00 bits per heavy atom. The first-order chi connectivity index (χ1) is 6.74. The van der Waals surface area contributed by atoms with E-state index in [4.69, 9.17) is 0 Å². The molecule has 0 fully saturated rings. The molecule has 0 N–H and O–H groups in total. The van der Waals surface area contributed by atoms with Crippen molar-refractivity contribution in [1.82, 2.24) is 4.98 Å².